The van der Waals surface area contributed by atoms with Crippen molar-refractivity contribution in [2.75, 3.05) is 5.32 Å². The number of rotatable bonds is 7. The average molecular weight is 384 g/mol. The fourth-order valence-electron chi connectivity index (χ4n) is 2.58. The number of hydrogen-bond acceptors (Lipinski definition) is 3. The van der Waals surface area contributed by atoms with E-state index in [1.807, 2.05) is 0 Å². The summed E-state index contributed by atoms with van der Waals surface area (Å²) in [6, 6.07) is 13.3. The van der Waals surface area contributed by atoms with Crippen LogP contribution in [-0.2, 0) is 17.8 Å². The third kappa shape index (κ3) is 5.26. The molecule has 0 saturated heterocycles. The monoisotopic (exact) mass is 384 g/mol. The number of benzene rings is 2. The Balaban J connectivity index is 1.46. The van der Waals surface area contributed by atoms with Gasteiger partial charge < -0.3 is 15.1 Å². The molecule has 144 valence electrons. The lowest BCUT2D eigenvalue weighted by Crippen LogP contribution is -2.23. The Bertz CT molecular complexity index is 954. The molecule has 2 aromatic carbocycles. The standard InChI is InChI=1S/C21H18F2N2O3/c22-16-6-9-18(23)15(12-16)5-10-20(26)24-13-14-3-7-17(8-4-14)25-21(27)19-2-1-11-28-19/h1-4,6-9,11-12H,5,10,13H2,(H,24,26)(H,25,27). The quantitative estimate of drug-likeness (QED) is 0.645. The van der Waals surface area contributed by atoms with Gasteiger partial charge >= 0.3 is 0 Å². The predicted octanol–water partition coefficient (Wildman–Crippen LogP) is 4.06. The highest BCUT2D eigenvalue weighted by Crippen LogP contribution is 2.13. The first-order valence-corrected chi connectivity index (χ1v) is 8.65. The first kappa shape index (κ1) is 19.3. The largest absolute Gasteiger partial charge is 0.459 e. The molecular formula is C21H18F2N2O3. The minimum atomic E-state index is -0.531. The van der Waals surface area contributed by atoms with Crippen LogP contribution < -0.4 is 10.6 Å². The lowest BCUT2D eigenvalue weighted by molar-refractivity contribution is -0.121. The summed E-state index contributed by atoms with van der Waals surface area (Å²) >= 11 is 0. The summed E-state index contributed by atoms with van der Waals surface area (Å²) in [5.41, 5.74) is 1.60. The molecule has 28 heavy (non-hydrogen) atoms. The molecule has 2 N–H and O–H groups in total. The lowest BCUT2D eigenvalue weighted by Gasteiger charge is -2.08. The Kier molecular flexibility index (Phi) is 6.16. The van der Waals surface area contributed by atoms with E-state index < -0.39 is 11.6 Å². The minimum Gasteiger partial charge on any atom is -0.459 e. The maximum Gasteiger partial charge on any atom is 0.291 e. The van der Waals surface area contributed by atoms with E-state index in [1.165, 1.54) is 6.26 Å². The Morgan fingerprint density at radius 1 is 1.00 bits per heavy atom. The van der Waals surface area contributed by atoms with Gasteiger partial charge in [0.2, 0.25) is 5.91 Å². The molecule has 0 spiro atoms. The van der Waals surface area contributed by atoms with Crippen LogP contribution in [0.3, 0.4) is 0 Å². The van der Waals surface area contributed by atoms with Gasteiger partial charge in [-0.2, -0.15) is 0 Å². The average Bonchev–Trinajstić information content (AvgIpc) is 3.23. The highest BCUT2D eigenvalue weighted by atomic mass is 19.1. The third-order valence-electron chi connectivity index (χ3n) is 4.08. The number of nitrogens with one attached hydrogen (secondary N) is 2. The van der Waals surface area contributed by atoms with E-state index in [2.05, 4.69) is 10.6 Å². The zero-order chi connectivity index (χ0) is 19.9. The molecule has 0 saturated carbocycles. The second-order valence-electron chi connectivity index (χ2n) is 6.14. The molecule has 0 bridgehead atoms. The number of anilines is 1. The summed E-state index contributed by atoms with van der Waals surface area (Å²) in [4.78, 5) is 23.8. The number of hydrogen-bond donors (Lipinski definition) is 2. The second-order valence-corrected chi connectivity index (χ2v) is 6.14. The highest BCUT2D eigenvalue weighted by Gasteiger charge is 2.09. The van der Waals surface area contributed by atoms with Crippen LogP contribution in [-0.4, -0.2) is 11.8 Å². The van der Waals surface area contributed by atoms with Crippen LogP contribution in [0.1, 0.15) is 28.1 Å². The Morgan fingerprint density at radius 3 is 2.50 bits per heavy atom. The molecule has 0 aliphatic heterocycles. The van der Waals surface area contributed by atoms with E-state index in [9.17, 15) is 18.4 Å². The number of furan rings is 1. The Labute approximate surface area is 160 Å². The van der Waals surface area contributed by atoms with Gasteiger partial charge in [0, 0.05) is 18.7 Å². The minimum absolute atomic E-state index is 0.0532. The molecule has 0 atom stereocenters. The number of carbonyl (C=O) groups is 2. The smallest absolute Gasteiger partial charge is 0.291 e. The first-order chi connectivity index (χ1) is 13.5. The van der Waals surface area contributed by atoms with Gasteiger partial charge in [-0.1, -0.05) is 12.1 Å². The Hall–Kier alpha value is -3.48. The first-order valence-electron chi connectivity index (χ1n) is 8.65. The van der Waals surface area contributed by atoms with E-state index in [4.69, 9.17) is 4.42 Å². The maximum absolute atomic E-state index is 13.6. The van der Waals surface area contributed by atoms with Gasteiger partial charge in [-0.15, -0.1) is 0 Å². The molecule has 0 aliphatic carbocycles. The molecule has 2 amide bonds. The zero-order valence-electron chi connectivity index (χ0n) is 14.9. The van der Waals surface area contributed by atoms with Gasteiger partial charge in [0.05, 0.1) is 6.26 Å². The fraction of sp³-hybridized carbons (Fsp3) is 0.143. The molecule has 0 radical (unpaired) electrons. The molecule has 3 rings (SSSR count). The van der Waals surface area contributed by atoms with Crippen molar-refractivity contribution in [3.63, 3.8) is 0 Å². The van der Waals surface area contributed by atoms with Gasteiger partial charge in [0.25, 0.3) is 5.91 Å². The van der Waals surface area contributed by atoms with Crippen molar-refractivity contribution in [3.8, 4) is 0 Å². The van der Waals surface area contributed by atoms with Gasteiger partial charge in [-0.05, 0) is 60.0 Å². The number of halogens is 2. The van der Waals surface area contributed by atoms with Gasteiger partial charge in [0.1, 0.15) is 11.6 Å². The van der Waals surface area contributed by atoms with Crippen LogP contribution >= 0.6 is 0 Å². The van der Waals surface area contributed by atoms with Crippen LogP contribution in [0.25, 0.3) is 0 Å². The highest BCUT2D eigenvalue weighted by molar-refractivity contribution is 6.02. The molecule has 1 heterocycles. The molecular weight excluding hydrogens is 366 g/mol. The summed E-state index contributed by atoms with van der Waals surface area (Å²) in [5, 5.41) is 5.43. The summed E-state index contributed by atoms with van der Waals surface area (Å²) in [6.07, 6.45) is 1.59. The summed E-state index contributed by atoms with van der Waals surface area (Å²) < 4.78 is 31.7. The molecule has 0 aliphatic rings. The summed E-state index contributed by atoms with van der Waals surface area (Å²) in [6.45, 7) is 0.289. The maximum atomic E-state index is 13.6. The van der Waals surface area contributed by atoms with Crippen molar-refractivity contribution in [3.05, 3.63) is 89.4 Å². The van der Waals surface area contributed by atoms with Crippen LogP contribution in [0.15, 0.2) is 65.3 Å². The number of amides is 2. The molecule has 7 heteroatoms. The van der Waals surface area contributed by atoms with Crippen molar-refractivity contribution in [1.82, 2.24) is 5.32 Å². The van der Waals surface area contributed by atoms with Gasteiger partial charge in [-0.3, -0.25) is 9.59 Å². The van der Waals surface area contributed by atoms with Gasteiger partial charge in [0.15, 0.2) is 5.76 Å². The normalized spacial score (nSPS) is 10.5. The summed E-state index contributed by atoms with van der Waals surface area (Å²) in [5.74, 6) is -1.46. The predicted molar refractivity (Wildman–Crippen MR) is 99.6 cm³/mol. The fourth-order valence-corrected chi connectivity index (χ4v) is 2.58. The molecule has 0 unspecified atom stereocenters. The molecule has 5 nitrogen and oxygen atoms in total. The van der Waals surface area contributed by atoms with Crippen molar-refractivity contribution in [1.29, 1.82) is 0 Å². The topological polar surface area (TPSA) is 71.3 Å². The van der Waals surface area contributed by atoms with E-state index >= 15 is 0 Å². The van der Waals surface area contributed by atoms with Crippen molar-refractivity contribution in [2.45, 2.75) is 19.4 Å². The second kappa shape index (κ2) is 8.94. The van der Waals surface area contributed by atoms with Crippen molar-refractivity contribution in [2.24, 2.45) is 0 Å². The SMILES string of the molecule is O=C(CCc1cc(F)ccc1F)NCc1ccc(NC(=O)c2ccco2)cc1. The van der Waals surface area contributed by atoms with Crippen molar-refractivity contribution >= 4 is 17.5 Å². The third-order valence-corrected chi connectivity index (χ3v) is 4.08. The zero-order valence-corrected chi connectivity index (χ0v) is 14.9. The number of aryl methyl sites for hydroxylation is 1. The van der Waals surface area contributed by atoms with E-state index in [0.717, 1.165) is 23.8 Å². The molecule has 0 fully saturated rings. The van der Waals surface area contributed by atoms with Crippen LogP contribution in [0.2, 0.25) is 0 Å². The Morgan fingerprint density at radius 2 is 1.79 bits per heavy atom. The number of carbonyl (C=O) groups excluding carboxylic acids is 2. The van der Waals surface area contributed by atoms with Crippen molar-refractivity contribution < 1.29 is 22.8 Å². The van der Waals surface area contributed by atoms with E-state index in [0.29, 0.717) is 5.69 Å². The lowest BCUT2D eigenvalue weighted by atomic mass is 10.1. The van der Waals surface area contributed by atoms with Crippen LogP contribution in [0.4, 0.5) is 14.5 Å². The van der Waals surface area contributed by atoms with Crippen LogP contribution in [0, 0.1) is 11.6 Å². The van der Waals surface area contributed by atoms with E-state index in [-0.39, 0.29) is 42.5 Å². The van der Waals surface area contributed by atoms with Crippen LogP contribution in [0.5, 0.6) is 0 Å². The summed E-state index contributed by atoms with van der Waals surface area (Å²) in [7, 11) is 0. The van der Waals surface area contributed by atoms with E-state index in [1.54, 1.807) is 36.4 Å². The molecule has 1 aromatic heterocycles. The van der Waals surface area contributed by atoms with Gasteiger partial charge in [-0.25, -0.2) is 8.78 Å². The molecule has 3 aromatic rings.